The number of aromatic hydroxyl groups is 1. The molecule has 0 spiro atoms. The van der Waals surface area contributed by atoms with E-state index in [-0.39, 0.29) is 11.4 Å². The molecule has 1 heterocycles. The molecule has 0 aliphatic heterocycles. The van der Waals surface area contributed by atoms with Gasteiger partial charge in [-0.25, -0.2) is 4.79 Å². The number of fused-ring (bicyclic) bond motifs is 1. The Balaban J connectivity index is 2.83. The molecular weight excluding hydrogens is 216 g/mol. The second-order valence-electron chi connectivity index (χ2n) is 4.13. The van der Waals surface area contributed by atoms with E-state index in [1.54, 1.807) is 6.07 Å². The Labute approximate surface area is 99.7 Å². The first-order valence-corrected chi connectivity index (χ1v) is 5.95. The topological polar surface area (TPSA) is 50.4 Å². The minimum Gasteiger partial charge on any atom is -0.508 e. The third kappa shape index (κ3) is 2.05. The maximum atomic E-state index is 11.5. The lowest BCUT2D eigenvalue weighted by Gasteiger charge is -2.08. The standard InChI is InChI=1S/C14H16O3/c1-3-5-11-12(15)7-6-10-9(4-2)8-13(16)17-14(10)11/h6-8,15H,3-5H2,1-2H3. The molecule has 17 heavy (non-hydrogen) atoms. The van der Waals surface area contributed by atoms with Crippen LogP contribution in [0, 0.1) is 0 Å². The van der Waals surface area contributed by atoms with Crippen LogP contribution < -0.4 is 5.63 Å². The second-order valence-corrected chi connectivity index (χ2v) is 4.13. The van der Waals surface area contributed by atoms with Crippen molar-refractivity contribution in [2.75, 3.05) is 0 Å². The molecule has 0 saturated heterocycles. The van der Waals surface area contributed by atoms with Gasteiger partial charge in [-0.05, 0) is 30.5 Å². The highest BCUT2D eigenvalue weighted by molar-refractivity contribution is 5.85. The Morgan fingerprint density at radius 1 is 1.29 bits per heavy atom. The molecule has 0 atom stereocenters. The fourth-order valence-corrected chi connectivity index (χ4v) is 2.12. The Morgan fingerprint density at radius 2 is 2.06 bits per heavy atom. The van der Waals surface area contributed by atoms with E-state index in [1.165, 1.54) is 6.07 Å². The first-order valence-electron chi connectivity index (χ1n) is 5.95. The summed E-state index contributed by atoms with van der Waals surface area (Å²) < 4.78 is 5.25. The number of benzene rings is 1. The average molecular weight is 232 g/mol. The van der Waals surface area contributed by atoms with Crippen molar-refractivity contribution in [2.45, 2.75) is 33.1 Å². The minimum atomic E-state index is -0.350. The van der Waals surface area contributed by atoms with Crippen LogP contribution >= 0.6 is 0 Å². The van der Waals surface area contributed by atoms with Gasteiger partial charge in [0.2, 0.25) is 0 Å². The molecule has 1 N–H and O–H groups in total. The summed E-state index contributed by atoms with van der Waals surface area (Å²) in [5, 5.41) is 10.8. The van der Waals surface area contributed by atoms with Crippen LogP contribution in [-0.4, -0.2) is 5.11 Å². The van der Waals surface area contributed by atoms with Gasteiger partial charge in [-0.1, -0.05) is 20.3 Å². The predicted octanol–water partition coefficient (Wildman–Crippen LogP) is 3.01. The van der Waals surface area contributed by atoms with Crippen molar-refractivity contribution in [1.29, 1.82) is 0 Å². The van der Waals surface area contributed by atoms with Gasteiger partial charge >= 0.3 is 5.63 Å². The van der Waals surface area contributed by atoms with E-state index in [1.807, 2.05) is 19.9 Å². The molecule has 0 bridgehead atoms. The van der Waals surface area contributed by atoms with Crippen molar-refractivity contribution in [3.05, 3.63) is 39.7 Å². The van der Waals surface area contributed by atoms with Gasteiger partial charge in [0.15, 0.2) is 0 Å². The van der Waals surface area contributed by atoms with Gasteiger partial charge in [0, 0.05) is 17.0 Å². The molecule has 0 saturated carbocycles. The molecule has 0 aliphatic carbocycles. The number of hydrogen-bond donors (Lipinski definition) is 1. The Hall–Kier alpha value is -1.77. The van der Waals surface area contributed by atoms with Gasteiger partial charge in [0.05, 0.1) is 0 Å². The minimum absolute atomic E-state index is 0.204. The van der Waals surface area contributed by atoms with Crippen molar-refractivity contribution >= 4 is 11.0 Å². The zero-order valence-corrected chi connectivity index (χ0v) is 10.1. The smallest absolute Gasteiger partial charge is 0.336 e. The highest BCUT2D eigenvalue weighted by Gasteiger charge is 2.11. The van der Waals surface area contributed by atoms with E-state index in [0.29, 0.717) is 12.0 Å². The molecule has 1 aromatic carbocycles. The van der Waals surface area contributed by atoms with Crippen molar-refractivity contribution < 1.29 is 9.52 Å². The lowest BCUT2D eigenvalue weighted by atomic mass is 10.0. The number of phenols is 1. The number of aryl methyl sites for hydroxylation is 2. The van der Waals surface area contributed by atoms with Crippen LogP contribution in [0.3, 0.4) is 0 Å². The predicted molar refractivity (Wildman–Crippen MR) is 67.5 cm³/mol. The quantitative estimate of drug-likeness (QED) is 0.827. The third-order valence-electron chi connectivity index (χ3n) is 2.96. The summed E-state index contributed by atoms with van der Waals surface area (Å²) in [4.78, 5) is 11.5. The highest BCUT2D eigenvalue weighted by Crippen LogP contribution is 2.29. The SMILES string of the molecule is CCCc1c(O)ccc2c(CC)cc(=O)oc12. The van der Waals surface area contributed by atoms with Gasteiger partial charge in [-0.3, -0.25) is 0 Å². The van der Waals surface area contributed by atoms with E-state index >= 15 is 0 Å². The molecule has 90 valence electrons. The third-order valence-corrected chi connectivity index (χ3v) is 2.96. The summed E-state index contributed by atoms with van der Waals surface area (Å²) in [5.41, 5.74) is 1.89. The summed E-state index contributed by atoms with van der Waals surface area (Å²) in [6.45, 7) is 4.03. The summed E-state index contributed by atoms with van der Waals surface area (Å²) in [6.07, 6.45) is 2.38. The van der Waals surface area contributed by atoms with Crippen LogP contribution in [0.25, 0.3) is 11.0 Å². The first kappa shape index (κ1) is 11.7. The van der Waals surface area contributed by atoms with E-state index in [4.69, 9.17) is 4.42 Å². The summed E-state index contributed by atoms with van der Waals surface area (Å²) in [6, 6.07) is 5.01. The van der Waals surface area contributed by atoms with Gasteiger partial charge in [0.25, 0.3) is 0 Å². The van der Waals surface area contributed by atoms with E-state index in [9.17, 15) is 9.90 Å². The molecule has 2 aromatic rings. The average Bonchev–Trinajstić information content (AvgIpc) is 2.32. The zero-order chi connectivity index (χ0) is 12.4. The molecule has 0 aliphatic rings. The Bertz CT molecular complexity index is 596. The molecule has 0 amide bonds. The summed E-state index contributed by atoms with van der Waals surface area (Å²) in [5.74, 6) is 0.204. The molecule has 0 radical (unpaired) electrons. The number of rotatable bonds is 3. The lowest BCUT2D eigenvalue weighted by molar-refractivity contribution is 0.464. The zero-order valence-electron chi connectivity index (χ0n) is 10.1. The van der Waals surface area contributed by atoms with Crippen molar-refractivity contribution in [2.24, 2.45) is 0 Å². The fourth-order valence-electron chi connectivity index (χ4n) is 2.12. The molecule has 3 heteroatoms. The van der Waals surface area contributed by atoms with E-state index in [0.717, 1.165) is 29.4 Å². The molecular formula is C14H16O3. The number of phenolic OH excluding ortho intramolecular Hbond substituents is 1. The van der Waals surface area contributed by atoms with E-state index in [2.05, 4.69) is 0 Å². The monoisotopic (exact) mass is 232 g/mol. The second kappa shape index (κ2) is 4.62. The van der Waals surface area contributed by atoms with Crippen molar-refractivity contribution in [1.82, 2.24) is 0 Å². The fraction of sp³-hybridized carbons (Fsp3) is 0.357. The largest absolute Gasteiger partial charge is 0.508 e. The lowest BCUT2D eigenvalue weighted by Crippen LogP contribution is -2.02. The molecule has 0 fully saturated rings. The normalized spacial score (nSPS) is 10.9. The maximum Gasteiger partial charge on any atom is 0.336 e. The maximum absolute atomic E-state index is 11.5. The van der Waals surface area contributed by atoms with Gasteiger partial charge in [-0.2, -0.15) is 0 Å². The Morgan fingerprint density at radius 3 is 2.71 bits per heavy atom. The van der Waals surface area contributed by atoms with Crippen molar-refractivity contribution in [3.63, 3.8) is 0 Å². The van der Waals surface area contributed by atoms with Crippen LogP contribution in [0.4, 0.5) is 0 Å². The summed E-state index contributed by atoms with van der Waals surface area (Å²) in [7, 11) is 0. The first-order chi connectivity index (χ1) is 8.17. The van der Waals surface area contributed by atoms with Gasteiger partial charge in [-0.15, -0.1) is 0 Å². The van der Waals surface area contributed by atoms with Crippen LogP contribution in [0.2, 0.25) is 0 Å². The molecule has 3 nitrogen and oxygen atoms in total. The molecule has 0 unspecified atom stereocenters. The Kier molecular flexibility index (Phi) is 3.18. The van der Waals surface area contributed by atoms with Gasteiger partial charge in [0.1, 0.15) is 11.3 Å². The van der Waals surface area contributed by atoms with Crippen LogP contribution in [0.1, 0.15) is 31.4 Å². The highest BCUT2D eigenvalue weighted by atomic mass is 16.4. The number of hydrogen-bond acceptors (Lipinski definition) is 3. The van der Waals surface area contributed by atoms with Crippen LogP contribution in [0.5, 0.6) is 5.75 Å². The van der Waals surface area contributed by atoms with Crippen molar-refractivity contribution in [3.8, 4) is 5.75 Å². The van der Waals surface area contributed by atoms with Crippen LogP contribution in [-0.2, 0) is 12.8 Å². The molecule has 2 rings (SSSR count). The van der Waals surface area contributed by atoms with E-state index < -0.39 is 0 Å². The van der Waals surface area contributed by atoms with Gasteiger partial charge < -0.3 is 9.52 Å². The summed E-state index contributed by atoms with van der Waals surface area (Å²) >= 11 is 0. The van der Waals surface area contributed by atoms with Crippen LogP contribution in [0.15, 0.2) is 27.4 Å². The molecule has 1 aromatic heterocycles.